The van der Waals surface area contributed by atoms with E-state index in [1.165, 1.54) is 38.6 Å². The normalized spacial score (nSPS) is 22.2. The fourth-order valence-electron chi connectivity index (χ4n) is 1.78. The van der Waals surface area contributed by atoms with Gasteiger partial charge in [-0.15, -0.1) is 0 Å². The second kappa shape index (κ2) is 5.23. The fourth-order valence-corrected chi connectivity index (χ4v) is 1.78. The monoisotopic (exact) mass is 167 g/mol. The van der Waals surface area contributed by atoms with Gasteiger partial charge in [0, 0.05) is 13.6 Å². The first-order valence-corrected chi connectivity index (χ1v) is 5.21. The van der Waals surface area contributed by atoms with Gasteiger partial charge in [-0.25, -0.2) is 0 Å². The molecule has 1 aliphatic rings. The summed E-state index contributed by atoms with van der Waals surface area (Å²) in [5.74, 6) is 0.840. The molecule has 0 aromatic rings. The van der Waals surface area contributed by atoms with Crippen molar-refractivity contribution in [2.75, 3.05) is 13.6 Å². The summed E-state index contributed by atoms with van der Waals surface area (Å²) >= 11 is 0. The quantitative estimate of drug-likeness (QED) is 0.569. The third kappa shape index (κ3) is 3.29. The molecule has 0 aromatic carbocycles. The Balaban J connectivity index is 1.98. The van der Waals surface area contributed by atoms with Crippen LogP contribution in [0.2, 0.25) is 0 Å². The Labute approximate surface area is 76.5 Å². The van der Waals surface area contributed by atoms with Gasteiger partial charge >= 0.3 is 0 Å². The fraction of sp³-hybridized carbons (Fsp3) is 0.818. The Morgan fingerprint density at radius 3 is 2.75 bits per heavy atom. The molecule has 1 heteroatoms. The molecule has 1 unspecified atom stereocenters. The highest BCUT2D eigenvalue weighted by molar-refractivity contribution is 4.96. The summed E-state index contributed by atoms with van der Waals surface area (Å²) in [5, 5.41) is 0. The van der Waals surface area contributed by atoms with Crippen LogP contribution in [0, 0.1) is 5.92 Å². The van der Waals surface area contributed by atoms with Crippen molar-refractivity contribution < 1.29 is 0 Å². The van der Waals surface area contributed by atoms with Crippen LogP contribution < -0.4 is 0 Å². The van der Waals surface area contributed by atoms with E-state index in [2.05, 4.69) is 31.1 Å². The summed E-state index contributed by atoms with van der Waals surface area (Å²) in [5.41, 5.74) is 0. The van der Waals surface area contributed by atoms with Crippen LogP contribution >= 0.6 is 0 Å². The van der Waals surface area contributed by atoms with Crippen LogP contribution in [0.25, 0.3) is 0 Å². The SMILES string of the molecule is CCCCCCC1C=CN(C)C1. The molecule has 1 atom stereocenters. The number of hydrogen-bond donors (Lipinski definition) is 0. The smallest absolute Gasteiger partial charge is 0.0232 e. The van der Waals surface area contributed by atoms with Gasteiger partial charge in [0.05, 0.1) is 0 Å². The molecule has 1 rings (SSSR count). The van der Waals surface area contributed by atoms with Crippen molar-refractivity contribution in [3.05, 3.63) is 12.3 Å². The zero-order valence-electron chi connectivity index (χ0n) is 8.42. The van der Waals surface area contributed by atoms with Crippen molar-refractivity contribution in [1.82, 2.24) is 4.90 Å². The molecule has 0 amide bonds. The van der Waals surface area contributed by atoms with Crippen molar-refractivity contribution in [1.29, 1.82) is 0 Å². The second-order valence-electron chi connectivity index (χ2n) is 3.89. The predicted molar refractivity (Wildman–Crippen MR) is 54.0 cm³/mol. The van der Waals surface area contributed by atoms with E-state index in [1.807, 2.05) is 0 Å². The van der Waals surface area contributed by atoms with E-state index < -0.39 is 0 Å². The van der Waals surface area contributed by atoms with Gasteiger partial charge in [0.15, 0.2) is 0 Å². The zero-order valence-corrected chi connectivity index (χ0v) is 8.42. The van der Waals surface area contributed by atoms with Crippen LogP contribution in [0.3, 0.4) is 0 Å². The molecule has 12 heavy (non-hydrogen) atoms. The van der Waals surface area contributed by atoms with Crippen LogP contribution in [0.5, 0.6) is 0 Å². The maximum Gasteiger partial charge on any atom is 0.0232 e. The Kier molecular flexibility index (Phi) is 4.20. The van der Waals surface area contributed by atoms with Crippen molar-refractivity contribution in [3.63, 3.8) is 0 Å². The van der Waals surface area contributed by atoms with Gasteiger partial charge in [0.2, 0.25) is 0 Å². The van der Waals surface area contributed by atoms with E-state index >= 15 is 0 Å². The molecule has 0 aromatic heterocycles. The lowest BCUT2D eigenvalue weighted by Gasteiger charge is -2.11. The lowest BCUT2D eigenvalue weighted by molar-refractivity contribution is 0.412. The van der Waals surface area contributed by atoms with Gasteiger partial charge in [0.1, 0.15) is 0 Å². The molecule has 70 valence electrons. The molecule has 1 nitrogen and oxygen atoms in total. The lowest BCUT2D eigenvalue weighted by Crippen LogP contribution is -2.12. The standard InChI is InChI=1S/C11H21N/c1-3-4-5-6-7-11-8-9-12(2)10-11/h8-9,11H,3-7,10H2,1-2H3. The lowest BCUT2D eigenvalue weighted by atomic mass is 10.0. The molecule has 0 saturated carbocycles. The number of rotatable bonds is 5. The summed E-state index contributed by atoms with van der Waals surface area (Å²) < 4.78 is 0. The molecular formula is C11H21N. The summed E-state index contributed by atoms with van der Waals surface area (Å²) in [6.07, 6.45) is 11.5. The van der Waals surface area contributed by atoms with E-state index in [0.717, 1.165) is 5.92 Å². The highest BCUT2D eigenvalue weighted by Gasteiger charge is 2.11. The van der Waals surface area contributed by atoms with Gasteiger partial charge in [-0.1, -0.05) is 38.7 Å². The second-order valence-corrected chi connectivity index (χ2v) is 3.89. The molecule has 1 heterocycles. The average molecular weight is 167 g/mol. The van der Waals surface area contributed by atoms with Crippen molar-refractivity contribution >= 4 is 0 Å². The number of unbranched alkanes of at least 4 members (excludes halogenated alkanes) is 3. The molecule has 0 radical (unpaired) electrons. The minimum atomic E-state index is 0.840. The molecule has 0 saturated heterocycles. The van der Waals surface area contributed by atoms with E-state index in [-0.39, 0.29) is 0 Å². The number of hydrogen-bond acceptors (Lipinski definition) is 1. The Hall–Kier alpha value is -0.460. The van der Waals surface area contributed by atoms with E-state index in [0.29, 0.717) is 0 Å². The first kappa shape index (κ1) is 9.63. The summed E-state index contributed by atoms with van der Waals surface area (Å²) in [4.78, 5) is 2.28. The largest absolute Gasteiger partial charge is 0.380 e. The van der Waals surface area contributed by atoms with Gasteiger partial charge in [-0.3, -0.25) is 0 Å². The minimum absolute atomic E-state index is 0.840. The molecule has 0 bridgehead atoms. The van der Waals surface area contributed by atoms with Crippen LogP contribution in [0.15, 0.2) is 12.3 Å². The van der Waals surface area contributed by atoms with Crippen LogP contribution in [0.1, 0.15) is 39.0 Å². The van der Waals surface area contributed by atoms with Crippen molar-refractivity contribution in [3.8, 4) is 0 Å². The average Bonchev–Trinajstić information content (AvgIpc) is 2.45. The molecule has 0 N–H and O–H groups in total. The molecule has 1 aliphatic heterocycles. The highest BCUT2D eigenvalue weighted by atomic mass is 15.1. The van der Waals surface area contributed by atoms with E-state index in [1.54, 1.807) is 0 Å². The van der Waals surface area contributed by atoms with Crippen molar-refractivity contribution in [2.24, 2.45) is 5.92 Å². The molecular weight excluding hydrogens is 146 g/mol. The van der Waals surface area contributed by atoms with Crippen LogP contribution in [-0.2, 0) is 0 Å². The summed E-state index contributed by atoms with van der Waals surface area (Å²) in [6.45, 7) is 3.51. The highest BCUT2D eigenvalue weighted by Crippen LogP contribution is 2.17. The summed E-state index contributed by atoms with van der Waals surface area (Å²) in [6, 6.07) is 0. The molecule has 0 fully saturated rings. The zero-order chi connectivity index (χ0) is 8.81. The Morgan fingerprint density at radius 1 is 1.33 bits per heavy atom. The maximum atomic E-state index is 2.35. The van der Waals surface area contributed by atoms with Crippen molar-refractivity contribution in [2.45, 2.75) is 39.0 Å². The van der Waals surface area contributed by atoms with Gasteiger partial charge in [-0.2, -0.15) is 0 Å². The van der Waals surface area contributed by atoms with Gasteiger partial charge < -0.3 is 4.90 Å². The maximum absolute atomic E-state index is 2.35. The van der Waals surface area contributed by atoms with Gasteiger partial charge in [0.25, 0.3) is 0 Å². The van der Waals surface area contributed by atoms with Crippen LogP contribution in [-0.4, -0.2) is 18.5 Å². The predicted octanol–water partition coefficient (Wildman–Crippen LogP) is 3.03. The first-order chi connectivity index (χ1) is 5.83. The Morgan fingerprint density at radius 2 is 2.17 bits per heavy atom. The van der Waals surface area contributed by atoms with Gasteiger partial charge in [-0.05, 0) is 18.5 Å². The summed E-state index contributed by atoms with van der Waals surface area (Å²) in [7, 11) is 2.16. The molecule has 0 spiro atoms. The van der Waals surface area contributed by atoms with Crippen LogP contribution in [0.4, 0.5) is 0 Å². The third-order valence-corrected chi connectivity index (χ3v) is 2.56. The molecule has 0 aliphatic carbocycles. The van der Waals surface area contributed by atoms with E-state index in [4.69, 9.17) is 0 Å². The minimum Gasteiger partial charge on any atom is -0.380 e. The third-order valence-electron chi connectivity index (χ3n) is 2.56. The topological polar surface area (TPSA) is 3.24 Å². The Bertz CT molecular complexity index is 140. The number of nitrogens with zero attached hydrogens (tertiary/aromatic N) is 1. The van der Waals surface area contributed by atoms with E-state index in [9.17, 15) is 0 Å². The first-order valence-electron chi connectivity index (χ1n) is 5.21.